The van der Waals surface area contributed by atoms with Gasteiger partial charge >= 0.3 is 0 Å². The monoisotopic (exact) mass is 313 g/mol. The van der Waals surface area contributed by atoms with Gasteiger partial charge in [0.2, 0.25) is 10.0 Å². The fourth-order valence-electron chi connectivity index (χ4n) is 2.50. The molecule has 116 valence electrons. The van der Waals surface area contributed by atoms with Crippen molar-refractivity contribution in [3.8, 4) is 0 Å². The van der Waals surface area contributed by atoms with Crippen LogP contribution in [-0.4, -0.2) is 25.4 Å². The van der Waals surface area contributed by atoms with Crippen LogP contribution in [0.15, 0.2) is 29.2 Å². The van der Waals surface area contributed by atoms with Crippen LogP contribution in [0.25, 0.3) is 0 Å². The Morgan fingerprint density at radius 2 is 1.76 bits per heavy atom. The summed E-state index contributed by atoms with van der Waals surface area (Å²) in [6.45, 7) is 0. The van der Waals surface area contributed by atoms with Gasteiger partial charge in [0, 0.05) is 24.2 Å². The zero-order valence-electron chi connectivity index (χ0n) is 11.6. The molecular weight excluding hydrogens is 294 g/mol. The number of benzene rings is 1. The third-order valence-electron chi connectivity index (χ3n) is 3.73. The van der Waals surface area contributed by atoms with Crippen molar-refractivity contribution < 1.29 is 13.3 Å². The normalized spacial score (nSPS) is 23.5. The van der Waals surface area contributed by atoms with Gasteiger partial charge in [-0.05, 0) is 25.0 Å². The summed E-state index contributed by atoms with van der Waals surface area (Å²) in [6.07, 6.45) is 4.53. The molecule has 1 aromatic carbocycles. The largest absolute Gasteiger partial charge is 0.326 e. The summed E-state index contributed by atoms with van der Waals surface area (Å²) < 4.78 is 27.2. The summed E-state index contributed by atoms with van der Waals surface area (Å²) in [5.41, 5.74) is 5.87. The zero-order chi connectivity index (χ0) is 15.5. The molecule has 1 aromatic rings. The predicted octanol–water partition coefficient (Wildman–Crippen LogP) is 1.53. The minimum absolute atomic E-state index is 0.0181. The molecule has 21 heavy (non-hydrogen) atoms. The summed E-state index contributed by atoms with van der Waals surface area (Å²) >= 11 is 0. The molecule has 2 atom stereocenters. The van der Waals surface area contributed by atoms with E-state index in [0.29, 0.717) is 6.42 Å². The smallest absolute Gasteiger partial charge is 0.269 e. The fourth-order valence-corrected chi connectivity index (χ4v) is 3.82. The molecule has 0 heterocycles. The maximum Gasteiger partial charge on any atom is 0.269 e. The lowest BCUT2D eigenvalue weighted by Crippen LogP contribution is -2.46. The van der Waals surface area contributed by atoms with E-state index in [1.54, 1.807) is 0 Å². The molecular formula is C13H19N3O4S. The van der Waals surface area contributed by atoms with Crippen molar-refractivity contribution in [2.75, 3.05) is 0 Å². The highest BCUT2D eigenvalue weighted by Gasteiger charge is 2.26. The molecule has 1 fully saturated rings. The molecule has 0 amide bonds. The van der Waals surface area contributed by atoms with Crippen LogP contribution in [0.5, 0.6) is 0 Å². The van der Waals surface area contributed by atoms with Crippen molar-refractivity contribution in [3.05, 3.63) is 34.4 Å². The second-order valence-electron chi connectivity index (χ2n) is 5.28. The molecule has 8 heteroatoms. The highest BCUT2D eigenvalue weighted by Crippen LogP contribution is 2.20. The molecule has 0 saturated heterocycles. The van der Waals surface area contributed by atoms with Gasteiger partial charge in [0.25, 0.3) is 5.69 Å². The van der Waals surface area contributed by atoms with Crippen LogP contribution in [0.4, 0.5) is 5.69 Å². The molecule has 2 unspecified atom stereocenters. The Balaban J connectivity index is 2.15. The van der Waals surface area contributed by atoms with Crippen LogP contribution in [0.2, 0.25) is 0 Å². The first kappa shape index (κ1) is 15.9. The van der Waals surface area contributed by atoms with Gasteiger partial charge < -0.3 is 5.73 Å². The average molecular weight is 313 g/mol. The second kappa shape index (κ2) is 6.50. The fraction of sp³-hybridized carbons (Fsp3) is 0.538. The van der Waals surface area contributed by atoms with Gasteiger partial charge in [0.15, 0.2) is 0 Å². The van der Waals surface area contributed by atoms with Crippen LogP contribution in [0.3, 0.4) is 0 Å². The second-order valence-corrected chi connectivity index (χ2v) is 6.99. The van der Waals surface area contributed by atoms with Crippen LogP contribution < -0.4 is 10.5 Å². The van der Waals surface area contributed by atoms with Crippen LogP contribution in [-0.2, 0) is 10.0 Å². The zero-order valence-corrected chi connectivity index (χ0v) is 12.4. The third kappa shape index (κ3) is 3.99. The summed E-state index contributed by atoms with van der Waals surface area (Å²) in [4.78, 5) is 10.0. The number of rotatable bonds is 4. The first-order valence-corrected chi connectivity index (χ1v) is 8.41. The highest BCUT2D eigenvalue weighted by atomic mass is 32.2. The SMILES string of the molecule is NC1CCCCCC1NS(=O)(=O)c1ccc([N+](=O)[O-])cc1. The lowest BCUT2D eigenvalue weighted by atomic mass is 10.1. The Hall–Kier alpha value is -1.51. The van der Waals surface area contributed by atoms with Gasteiger partial charge in [-0.3, -0.25) is 10.1 Å². The van der Waals surface area contributed by atoms with E-state index in [1.165, 1.54) is 24.3 Å². The first-order valence-electron chi connectivity index (χ1n) is 6.92. The number of sulfonamides is 1. The summed E-state index contributed by atoms with van der Waals surface area (Å²) in [6, 6.07) is 4.36. The van der Waals surface area contributed by atoms with Crippen molar-refractivity contribution in [1.82, 2.24) is 4.72 Å². The molecule has 1 aliphatic carbocycles. The molecule has 0 aromatic heterocycles. The Morgan fingerprint density at radius 3 is 2.38 bits per heavy atom. The number of nitrogens with one attached hydrogen (secondary N) is 1. The van der Waals surface area contributed by atoms with E-state index in [4.69, 9.17) is 5.73 Å². The molecule has 2 rings (SSSR count). The van der Waals surface area contributed by atoms with Crippen molar-refractivity contribution in [2.24, 2.45) is 5.73 Å². The summed E-state index contributed by atoms with van der Waals surface area (Å²) in [7, 11) is -3.70. The molecule has 0 aliphatic heterocycles. The molecule has 7 nitrogen and oxygen atoms in total. The molecule has 0 radical (unpaired) electrons. The van der Waals surface area contributed by atoms with Crippen molar-refractivity contribution in [2.45, 2.75) is 49.1 Å². The van der Waals surface area contributed by atoms with Crippen molar-refractivity contribution in [1.29, 1.82) is 0 Å². The van der Waals surface area contributed by atoms with Crippen LogP contribution in [0, 0.1) is 10.1 Å². The predicted molar refractivity (Wildman–Crippen MR) is 78.3 cm³/mol. The number of nitro groups is 1. The van der Waals surface area contributed by atoms with Crippen LogP contribution >= 0.6 is 0 Å². The van der Waals surface area contributed by atoms with E-state index in [2.05, 4.69) is 4.72 Å². The quantitative estimate of drug-likeness (QED) is 0.497. The lowest BCUT2D eigenvalue weighted by Gasteiger charge is -2.22. The number of non-ortho nitro benzene ring substituents is 1. The maximum atomic E-state index is 12.3. The van der Waals surface area contributed by atoms with Crippen LogP contribution in [0.1, 0.15) is 32.1 Å². The number of nitrogens with two attached hydrogens (primary N) is 1. The van der Waals surface area contributed by atoms with E-state index in [9.17, 15) is 18.5 Å². The van der Waals surface area contributed by atoms with E-state index >= 15 is 0 Å². The highest BCUT2D eigenvalue weighted by molar-refractivity contribution is 7.89. The van der Waals surface area contributed by atoms with Gasteiger partial charge in [-0.2, -0.15) is 0 Å². The molecule has 1 aliphatic rings. The standard InChI is InChI=1S/C13H19N3O4S/c14-12-4-2-1-3-5-13(12)15-21(19,20)11-8-6-10(7-9-11)16(17)18/h6-9,12-13,15H,1-5,14H2. The topological polar surface area (TPSA) is 115 Å². The number of nitro benzene ring substituents is 1. The summed E-state index contributed by atoms with van der Waals surface area (Å²) in [5, 5.41) is 10.6. The number of hydrogen-bond donors (Lipinski definition) is 2. The Kier molecular flexibility index (Phi) is 4.92. The molecule has 0 bridgehead atoms. The maximum absolute atomic E-state index is 12.3. The minimum atomic E-state index is -3.70. The van der Waals surface area contributed by atoms with E-state index in [0.717, 1.165) is 25.7 Å². The lowest BCUT2D eigenvalue weighted by molar-refractivity contribution is -0.384. The van der Waals surface area contributed by atoms with Gasteiger partial charge in [-0.25, -0.2) is 13.1 Å². The van der Waals surface area contributed by atoms with Gasteiger partial charge in [0.1, 0.15) is 0 Å². The van der Waals surface area contributed by atoms with Gasteiger partial charge in [-0.1, -0.05) is 19.3 Å². The van der Waals surface area contributed by atoms with Gasteiger partial charge in [0.05, 0.1) is 9.82 Å². The van der Waals surface area contributed by atoms with E-state index in [1.807, 2.05) is 0 Å². The Morgan fingerprint density at radius 1 is 1.14 bits per heavy atom. The number of hydrogen-bond acceptors (Lipinski definition) is 5. The average Bonchev–Trinajstić information content (AvgIpc) is 2.64. The van der Waals surface area contributed by atoms with Gasteiger partial charge in [-0.15, -0.1) is 0 Å². The summed E-state index contributed by atoms with van der Waals surface area (Å²) in [5.74, 6) is 0. The van der Waals surface area contributed by atoms with E-state index < -0.39 is 14.9 Å². The number of nitrogens with zero attached hydrogens (tertiary/aromatic N) is 1. The first-order chi connectivity index (χ1) is 9.90. The van der Waals surface area contributed by atoms with Crippen molar-refractivity contribution >= 4 is 15.7 Å². The van der Waals surface area contributed by atoms with Crippen molar-refractivity contribution in [3.63, 3.8) is 0 Å². The Labute approximate surface area is 123 Å². The molecule has 3 N–H and O–H groups in total. The minimum Gasteiger partial charge on any atom is -0.326 e. The Bertz CT molecular complexity index is 600. The molecule has 1 saturated carbocycles. The molecule has 0 spiro atoms. The third-order valence-corrected chi connectivity index (χ3v) is 5.24. The van der Waals surface area contributed by atoms with E-state index in [-0.39, 0.29) is 22.7 Å².